The summed E-state index contributed by atoms with van der Waals surface area (Å²) in [6, 6.07) is 3.02. The number of cyclic esters (lactones) is 2. The molecule has 2 rings (SSSR count). The SMILES string of the molecule is CCCCCCCCOc1cc2nc(c1)C(=O)OC(CC)COCCOCCOCC(CC)OC2=O. The molecule has 0 saturated heterocycles. The van der Waals surface area contributed by atoms with Crippen LogP contribution in [0.5, 0.6) is 5.75 Å². The minimum atomic E-state index is -0.641. The summed E-state index contributed by atoms with van der Waals surface area (Å²) >= 11 is 0. The van der Waals surface area contributed by atoms with Gasteiger partial charge in [-0.15, -0.1) is 0 Å². The molecule has 0 fully saturated rings. The van der Waals surface area contributed by atoms with Crippen molar-refractivity contribution in [3.05, 3.63) is 23.5 Å². The molecule has 0 spiro atoms. The average molecular weight is 510 g/mol. The van der Waals surface area contributed by atoms with Crippen molar-refractivity contribution in [2.24, 2.45) is 0 Å². The molecular formula is C27H43NO8. The van der Waals surface area contributed by atoms with E-state index in [1.165, 1.54) is 31.4 Å². The Labute approximate surface area is 215 Å². The van der Waals surface area contributed by atoms with Gasteiger partial charge in [0.1, 0.15) is 18.0 Å². The van der Waals surface area contributed by atoms with Gasteiger partial charge in [-0.05, 0) is 19.3 Å². The average Bonchev–Trinajstić information content (AvgIpc) is 2.89. The first-order valence-corrected chi connectivity index (χ1v) is 13.4. The summed E-state index contributed by atoms with van der Waals surface area (Å²) in [5.74, 6) is -0.896. The van der Waals surface area contributed by atoms with Gasteiger partial charge in [-0.3, -0.25) is 0 Å². The van der Waals surface area contributed by atoms with E-state index in [9.17, 15) is 9.59 Å². The van der Waals surface area contributed by atoms with Crippen molar-refractivity contribution in [2.75, 3.05) is 46.2 Å². The molecule has 2 unspecified atom stereocenters. The summed E-state index contributed by atoms with van der Waals surface area (Å²) in [7, 11) is 0. The van der Waals surface area contributed by atoms with E-state index >= 15 is 0 Å². The smallest absolute Gasteiger partial charge is 0.357 e. The third-order valence-electron chi connectivity index (χ3n) is 5.79. The Morgan fingerprint density at radius 2 is 1.25 bits per heavy atom. The molecule has 0 N–H and O–H groups in total. The van der Waals surface area contributed by atoms with Crippen LogP contribution in [0.15, 0.2) is 12.1 Å². The number of aromatic nitrogens is 1. The number of rotatable bonds is 10. The van der Waals surface area contributed by atoms with E-state index in [1.54, 1.807) is 0 Å². The molecule has 1 aromatic heterocycles. The van der Waals surface area contributed by atoms with Crippen LogP contribution in [0.4, 0.5) is 0 Å². The Morgan fingerprint density at radius 3 is 1.78 bits per heavy atom. The number of hydrogen-bond donors (Lipinski definition) is 0. The second-order valence-corrected chi connectivity index (χ2v) is 8.82. The first kappa shape index (κ1) is 30.0. The van der Waals surface area contributed by atoms with Crippen LogP contribution in [0.25, 0.3) is 0 Å². The topological polar surface area (TPSA) is 102 Å². The normalized spacial score (nSPS) is 20.6. The maximum absolute atomic E-state index is 12.9. The van der Waals surface area contributed by atoms with Crippen LogP contribution in [0.2, 0.25) is 0 Å². The lowest BCUT2D eigenvalue weighted by molar-refractivity contribution is -0.0357. The number of esters is 2. The second-order valence-electron chi connectivity index (χ2n) is 8.82. The van der Waals surface area contributed by atoms with Gasteiger partial charge in [0.25, 0.3) is 0 Å². The molecule has 9 heteroatoms. The van der Waals surface area contributed by atoms with E-state index in [-0.39, 0.29) is 24.6 Å². The fraction of sp³-hybridized carbons (Fsp3) is 0.741. The van der Waals surface area contributed by atoms with Crippen LogP contribution in [-0.2, 0) is 23.7 Å². The molecule has 0 amide bonds. The minimum absolute atomic E-state index is 0.00501. The molecule has 0 aliphatic carbocycles. The van der Waals surface area contributed by atoms with E-state index in [0.717, 1.165) is 19.3 Å². The Bertz CT molecular complexity index is 722. The van der Waals surface area contributed by atoms with Gasteiger partial charge in [-0.25, -0.2) is 14.6 Å². The van der Waals surface area contributed by atoms with E-state index in [4.69, 9.17) is 28.4 Å². The van der Waals surface area contributed by atoms with Gasteiger partial charge in [0, 0.05) is 12.1 Å². The van der Waals surface area contributed by atoms with Gasteiger partial charge >= 0.3 is 11.9 Å². The molecule has 1 aliphatic rings. The predicted molar refractivity (Wildman–Crippen MR) is 135 cm³/mol. The Hall–Kier alpha value is -2.23. The molecule has 2 atom stereocenters. The molecule has 0 aromatic carbocycles. The summed E-state index contributed by atoms with van der Waals surface area (Å²) in [5, 5.41) is 0. The van der Waals surface area contributed by atoms with Crippen molar-refractivity contribution in [3.63, 3.8) is 0 Å². The molecule has 9 nitrogen and oxygen atoms in total. The first-order chi connectivity index (χ1) is 17.6. The third kappa shape index (κ3) is 11.7. The Kier molecular flexibility index (Phi) is 15.1. The summed E-state index contributed by atoms with van der Waals surface area (Å²) in [6.07, 6.45) is 7.02. The Balaban J connectivity index is 2.16. The fourth-order valence-corrected chi connectivity index (χ4v) is 3.53. The zero-order valence-corrected chi connectivity index (χ0v) is 22.1. The van der Waals surface area contributed by atoms with Gasteiger partial charge in [0.05, 0.1) is 46.2 Å². The minimum Gasteiger partial charge on any atom is -0.493 e. The van der Waals surface area contributed by atoms with Crippen molar-refractivity contribution >= 4 is 11.9 Å². The standard InChI is InChI=1S/C27H43NO8/c1-4-7-8-9-10-11-12-34-23-17-24-26(29)35-21(5-2)19-32-15-13-31-14-16-33-20-22(6-3)36-27(30)25(18-23)28-24/h17-18,21-22H,4-16,19-20H2,1-3H3. The monoisotopic (exact) mass is 509 g/mol. The van der Waals surface area contributed by atoms with Crippen LogP contribution < -0.4 is 4.74 Å². The lowest BCUT2D eigenvalue weighted by Gasteiger charge is -2.19. The van der Waals surface area contributed by atoms with E-state index in [0.29, 0.717) is 51.6 Å². The molecule has 0 radical (unpaired) electrons. The van der Waals surface area contributed by atoms with Crippen LogP contribution in [-0.4, -0.2) is 75.4 Å². The van der Waals surface area contributed by atoms with Crippen molar-refractivity contribution in [3.8, 4) is 5.75 Å². The summed E-state index contributed by atoms with van der Waals surface area (Å²) in [5.41, 5.74) is -0.0100. The van der Waals surface area contributed by atoms with Crippen molar-refractivity contribution in [1.82, 2.24) is 4.98 Å². The highest BCUT2D eigenvalue weighted by Gasteiger charge is 2.22. The van der Waals surface area contributed by atoms with E-state index < -0.39 is 24.1 Å². The van der Waals surface area contributed by atoms with Gasteiger partial charge in [0.15, 0.2) is 11.4 Å². The van der Waals surface area contributed by atoms with Crippen LogP contribution in [0.3, 0.4) is 0 Å². The number of fused-ring (bicyclic) bond motifs is 2. The third-order valence-corrected chi connectivity index (χ3v) is 5.79. The number of hydrogen-bond acceptors (Lipinski definition) is 9. The fourth-order valence-electron chi connectivity index (χ4n) is 3.53. The lowest BCUT2D eigenvalue weighted by atomic mass is 10.1. The quantitative estimate of drug-likeness (QED) is 0.326. The molecule has 1 aliphatic heterocycles. The number of pyridine rings is 1. The van der Waals surface area contributed by atoms with Crippen LogP contribution in [0, 0.1) is 0 Å². The summed E-state index contributed by atoms with van der Waals surface area (Å²) in [6.45, 7) is 8.54. The highest BCUT2D eigenvalue weighted by Crippen LogP contribution is 2.19. The molecule has 2 heterocycles. The summed E-state index contributed by atoms with van der Waals surface area (Å²) < 4.78 is 33.8. The van der Waals surface area contributed by atoms with Crippen molar-refractivity contribution in [2.45, 2.75) is 84.3 Å². The van der Waals surface area contributed by atoms with Gasteiger partial charge in [0.2, 0.25) is 0 Å². The maximum atomic E-state index is 12.9. The highest BCUT2D eigenvalue weighted by molar-refractivity contribution is 5.92. The van der Waals surface area contributed by atoms with Gasteiger partial charge in [-0.1, -0.05) is 52.9 Å². The first-order valence-electron chi connectivity index (χ1n) is 13.4. The number of unbranched alkanes of at least 4 members (excludes halogenated alkanes) is 5. The highest BCUT2D eigenvalue weighted by atomic mass is 16.6. The number of ether oxygens (including phenoxy) is 6. The molecule has 1 aromatic rings. The maximum Gasteiger partial charge on any atom is 0.357 e. The lowest BCUT2D eigenvalue weighted by Crippen LogP contribution is -2.27. The number of carbonyl (C=O) groups is 2. The van der Waals surface area contributed by atoms with Crippen molar-refractivity contribution in [1.29, 1.82) is 0 Å². The molecule has 0 saturated carbocycles. The zero-order chi connectivity index (χ0) is 26.0. The van der Waals surface area contributed by atoms with E-state index in [2.05, 4.69) is 11.9 Å². The number of nitrogens with zero attached hydrogens (tertiary/aromatic N) is 1. The van der Waals surface area contributed by atoms with Gasteiger partial charge in [-0.2, -0.15) is 0 Å². The summed E-state index contributed by atoms with van der Waals surface area (Å²) in [4.78, 5) is 30.1. The zero-order valence-electron chi connectivity index (χ0n) is 22.1. The van der Waals surface area contributed by atoms with Crippen molar-refractivity contribution < 1.29 is 38.0 Å². The molecule has 204 valence electrons. The van der Waals surface area contributed by atoms with Crippen LogP contribution in [0.1, 0.15) is 93.1 Å². The largest absolute Gasteiger partial charge is 0.493 e. The Morgan fingerprint density at radius 1 is 0.750 bits per heavy atom. The molecular weight excluding hydrogens is 466 g/mol. The second kappa shape index (κ2) is 18.1. The van der Waals surface area contributed by atoms with Gasteiger partial charge < -0.3 is 28.4 Å². The molecule has 2 bridgehead atoms. The van der Waals surface area contributed by atoms with Crippen LogP contribution >= 0.6 is 0 Å². The predicted octanol–water partition coefficient (Wildman–Crippen LogP) is 4.76. The van der Waals surface area contributed by atoms with E-state index in [1.807, 2.05) is 13.8 Å². The number of carbonyl (C=O) groups excluding carboxylic acids is 2. The molecule has 36 heavy (non-hydrogen) atoms.